The number of hydrogen-bond donors (Lipinski definition) is 0. The SMILES string of the molecule is CCC[C@H](C)Op1oc2ccc3ccccc3c2c2c(ccc3ccccc32)o1. The van der Waals surface area contributed by atoms with Crippen LogP contribution in [0, 0.1) is 0 Å². The first-order valence-electron chi connectivity index (χ1n) is 10.1. The van der Waals surface area contributed by atoms with Crippen LogP contribution in [0.2, 0.25) is 0 Å². The molecule has 0 radical (unpaired) electrons. The Kier molecular flexibility index (Phi) is 4.79. The van der Waals surface area contributed by atoms with E-state index in [9.17, 15) is 0 Å². The number of hydrogen-bond acceptors (Lipinski definition) is 3. The average molecular weight is 402 g/mol. The maximum Gasteiger partial charge on any atom is 0.387 e. The first-order valence-corrected chi connectivity index (χ1v) is 11.2. The van der Waals surface area contributed by atoms with Crippen LogP contribution in [0.4, 0.5) is 0 Å². The van der Waals surface area contributed by atoms with Crippen LogP contribution >= 0.6 is 8.24 Å². The van der Waals surface area contributed by atoms with E-state index in [1.165, 1.54) is 10.8 Å². The van der Waals surface area contributed by atoms with Gasteiger partial charge in [0.1, 0.15) is 11.2 Å². The van der Waals surface area contributed by atoms with E-state index in [4.69, 9.17) is 12.9 Å². The van der Waals surface area contributed by atoms with E-state index in [0.717, 1.165) is 45.6 Å². The highest BCUT2D eigenvalue weighted by molar-refractivity contribution is 7.31. The summed E-state index contributed by atoms with van der Waals surface area (Å²) in [4.78, 5) is 0. The monoisotopic (exact) mass is 402 g/mol. The minimum absolute atomic E-state index is 0.0806. The van der Waals surface area contributed by atoms with Gasteiger partial charge in [-0.2, -0.15) is 0 Å². The van der Waals surface area contributed by atoms with Gasteiger partial charge in [-0.1, -0.05) is 74.0 Å². The Balaban J connectivity index is 1.96. The van der Waals surface area contributed by atoms with E-state index in [0.29, 0.717) is 0 Å². The second-order valence-electron chi connectivity index (χ2n) is 7.43. The lowest BCUT2D eigenvalue weighted by molar-refractivity contribution is 0.264. The van der Waals surface area contributed by atoms with Crippen molar-refractivity contribution in [2.45, 2.75) is 32.8 Å². The zero-order chi connectivity index (χ0) is 19.8. The van der Waals surface area contributed by atoms with Crippen LogP contribution in [0.15, 0.2) is 81.2 Å². The van der Waals surface area contributed by atoms with Gasteiger partial charge in [0.2, 0.25) is 0 Å². The van der Waals surface area contributed by atoms with Gasteiger partial charge in [-0.15, -0.1) is 0 Å². The molecule has 0 saturated carbocycles. The molecule has 0 unspecified atom stereocenters. The van der Waals surface area contributed by atoms with Crippen molar-refractivity contribution in [2.75, 3.05) is 0 Å². The van der Waals surface area contributed by atoms with Crippen molar-refractivity contribution in [1.82, 2.24) is 0 Å². The Morgan fingerprint density at radius 3 is 1.79 bits per heavy atom. The second kappa shape index (κ2) is 7.59. The first kappa shape index (κ1) is 18.3. The van der Waals surface area contributed by atoms with Gasteiger partial charge in [-0.05, 0) is 47.0 Å². The molecule has 4 heteroatoms. The summed E-state index contributed by atoms with van der Waals surface area (Å²) >= 11 is 0. The van der Waals surface area contributed by atoms with Gasteiger partial charge in [-0.25, -0.2) is 0 Å². The van der Waals surface area contributed by atoms with Crippen molar-refractivity contribution in [3.8, 4) is 0 Å². The summed E-state index contributed by atoms with van der Waals surface area (Å²) in [5.74, 6) is 0. The Morgan fingerprint density at radius 2 is 1.28 bits per heavy atom. The van der Waals surface area contributed by atoms with Gasteiger partial charge in [0.15, 0.2) is 0 Å². The Bertz CT molecular complexity index is 1270. The van der Waals surface area contributed by atoms with E-state index < -0.39 is 8.24 Å². The number of fused-ring (bicyclic) bond motifs is 7. The van der Waals surface area contributed by atoms with Gasteiger partial charge in [0.05, 0.1) is 6.10 Å². The highest BCUT2D eigenvalue weighted by Gasteiger charge is 2.14. The molecule has 0 saturated heterocycles. The highest BCUT2D eigenvalue weighted by atomic mass is 31.1. The second-order valence-corrected chi connectivity index (χ2v) is 8.45. The van der Waals surface area contributed by atoms with E-state index >= 15 is 0 Å². The fraction of sp³-hybridized carbons (Fsp3) is 0.200. The van der Waals surface area contributed by atoms with Gasteiger partial charge in [0, 0.05) is 10.8 Å². The van der Waals surface area contributed by atoms with Crippen LogP contribution in [-0.4, -0.2) is 6.10 Å². The molecule has 1 atom stereocenters. The lowest BCUT2D eigenvalue weighted by atomic mass is 9.99. The molecule has 0 bridgehead atoms. The molecule has 0 amide bonds. The van der Waals surface area contributed by atoms with E-state index in [1.54, 1.807) is 0 Å². The maximum atomic E-state index is 6.33. The van der Waals surface area contributed by atoms with Gasteiger partial charge in [-0.3, -0.25) is 4.52 Å². The summed E-state index contributed by atoms with van der Waals surface area (Å²) in [6, 6.07) is 25.1. The number of benzene rings is 4. The summed E-state index contributed by atoms with van der Waals surface area (Å²) in [7, 11) is -1.53. The highest BCUT2D eigenvalue weighted by Crippen LogP contribution is 2.40. The van der Waals surface area contributed by atoms with Crippen molar-refractivity contribution < 1.29 is 12.9 Å². The third kappa shape index (κ3) is 3.31. The molecule has 29 heavy (non-hydrogen) atoms. The minimum atomic E-state index is -1.53. The molecular formula is C25H23O3P. The lowest BCUT2D eigenvalue weighted by Crippen LogP contribution is -2.08. The molecule has 0 N–H and O–H groups in total. The molecule has 4 aromatic carbocycles. The summed E-state index contributed by atoms with van der Waals surface area (Å²) in [6.07, 6.45) is 2.12. The molecular weight excluding hydrogens is 379 g/mol. The zero-order valence-electron chi connectivity index (χ0n) is 16.6. The Labute approximate surface area is 170 Å². The molecule has 5 aromatic rings. The minimum Gasteiger partial charge on any atom is -0.399 e. The van der Waals surface area contributed by atoms with Crippen molar-refractivity contribution in [2.24, 2.45) is 0 Å². The third-order valence-electron chi connectivity index (χ3n) is 5.34. The summed E-state index contributed by atoms with van der Waals surface area (Å²) < 4.78 is 18.8. The van der Waals surface area contributed by atoms with Crippen molar-refractivity contribution in [1.29, 1.82) is 0 Å². The number of rotatable bonds is 4. The predicted molar refractivity (Wildman–Crippen MR) is 122 cm³/mol. The van der Waals surface area contributed by atoms with Crippen molar-refractivity contribution in [3.63, 3.8) is 0 Å². The van der Waals surface area contributed by atoms with Crippen LogP contribution in [0.3, 0.4) is 0 Å². The molecule has 0 aliphatic carbocycles. The molecule has 146 valence electrons. The molecule has 0 aliphatic heterocycles. The van der Waals surface area contributed by atoms with Crippen LogP contribution in [0.25, 0.3) is 43.5 Å². The largest absolute Gasteiger partial charge is 0.399 e. The van der Waals surface area contributed by atoms with Crippen LogP contribution in [-0.2, 0) is 0 Å². The van der Waals surface area contributed by atoms with E-state index in [2.05, 4.69) is 74.5 Å². The van der Waals surface area contributed by atoms with Gasteiger partial charge < -0.3 is 8.39 Å². The molecule has 3 nitrogen and oxygen atoms in total. The normalized spacial score (nSPS) is 12.8. The van der Waals surface area contributed by atoms with Gasteiger partial charge in [0.25, 0.3) is 0 Å². The standard InChI is InChI=1S/C25H23O3P/c1-3-8-17(2)26-29-27-22-15-13-18-9-4-6-11-20(18)24(22)25-21-12-7-5-10-19(21)14-16-23(25)28-29/h4-7,9-17H,3,8H2,1-2H3/t17-/m0/s1. The third-order valence-corrected chi connectivity index (χ3v) is 6.56. The van der Waals surface area contributed by atoms with E-state index in [1.807, 2.05) is 12.1 Å². The summed E-state index contributed by atoms with van der Waals surface area (Å²) in [5.41, 5.74) is 1.63. The van der Waals surface area contributed by atoms with Crippen molar-refractivity contribution in [3.05, 3.63) is 72.8 Å². The molecule has 0 aliphatic rings. The maximum absolute atomic E-state index is 6.33. The summed E-state index contributed by atoms with van der Waals surface area (Å²) in [6.45, 7) is 4.23. The smallest absolute Gasteiger partial charge is 0.387 e. The van der Waals surface area contributed by atoms with Crippen LogP contribution in [0.1, 0.15) is 26.7 Å². The first-order chi connectivity index (χ1) is 14.2. The molecule has 1 heterocycles. The van der Waals surface area contributed by atoms with Crippen molar-refractivity contribution >= 4 is 51.7 Å². The van der Waals surface area contributed by atoms with Gasteiger partial charge >= 0.3 is 8.24 Å². The fourth-order valence-corrected chi connectivity index (χ4v) is 5.15. The predicted octanol–water partition coefficient (Wildman–Crippen LogP) is 8.21. The lowest BCUT2D eigenvalue weighted by Gasteiger charge is -2.07. The van der Waals surface area contributed by atoms with Crippen LogP contribution in [0.5, 0.6) is 0 Å². The molecule has 0 fully saturated rings. The summed E-state index contributed by atoms with van der Waals surface area (Å²) in [5, 5.41) is 6.83. The Hall–Kier alpha value is -2.74. The fourth-order valence-electron chi connectivity index (χ4n) is 4.00. The quantitative estimate of drug-likeness (QED) is 0.304. The zero-order valence-corrected chi connectivity index (χ0v) is 17.5. The molecule has 1 aromatic heterocycles. The molecule has 0 spiro atoms. The molecule has 5 rings (SSSR count). The average Bonchev–Trinajstić information content (AvgIpc) is 2.90. The Morgan fingerprint density at radius 1 is 0.759 bits per heavy atom. The van der Waals surface area contributed by atoms with Crippen LogP contribution < -0.4 is 4.52 Å². The van der Waals surface area contributed by atoms with E-state index in [-0.39, 0.29) is 6.10 Å². The topological polar surface area (TPSA) is 35.5 Å².